The van der Waals surface area contributed by atoms with Crippen LogP contribution in [0.4, 0.5) is 5.82 Å². The first-order valence-electron chi connectivity index (χ1n) is 6.05. The van der Waals surface area contributed by atoms with E-state index in [-0.39, 0.29) is 4.90 Å². The standard InChI is InChI=1S/C12H21N3O2S/c1-5-15(9-10(2)3)18(16,17)11-6-7-14-12(8-11)13-4/h6-8,10H,5,9H2,1-4H3,(H,13,14). The minimum absolute atomic E-state index is 0.282. The Hall–Kier alpha value is -1.14. The van der Waals surface area contributed by atoms with Gasteiger partial charge in [0.2, 0.25) is 10.0 Å². The number of hydrogen-bond acceptors (Lipinski definition) is 4. The van der Waals surface area contributed by atoms with Crippen LogP contribution < -0.4 is 5.32 Å². The molecule has 1 rings (SSSR count). The zero-order chi connectivity index (χ0) is 13.8. The first kappa shape index (κ1) is 14.9. The first-order chi connectivity index (χ1) is 8.41. The molecule has 18 heavy (non-hydrogen) atoms. The molecule has 1 heterocycles. The van der Waals surface area contributed by atoms with Gasteiger partial charge in [-0.05, 0) is 12.0 Å². The van der Waals surface area contributed by atoms with Crippen molar-refractivity contribution in [3.63, 3.8) is 0 Å². The van der Waals surface area contributed by atoms with E-state index in [1.165, 1.54) is 16.6 Å². The molecule has 0 atom stereocenters. The van der Waals surface area contributed by atoms with Crippen LogP contribution in [0, 0.1) is 5.92 Å². The molecule has 0 unspecified atom stereocenters. The Bertz CT molecular complexity index is 486. The molecule has 0 aliphatic carbocycles. The lowest BCUT2D eigenvalue weighted by molar-refractivity contribution is 0.381. The van der Waals surface area contributed by atoms with Crippen LogP contribution in [0.5, 0.6) is 0 Å². The number of anilines is 1. The Labute approximate surface area is 109 Å². The summed E-state index contributed by atoms with van der Waals surface area (Å²) >= 11 is 0. The average Bonchev–Trinajstić information content (AvgIpc) is 2.35. The summed E-state index contributed by atoms with van der Waals surface area (Å²) in [6, 6.07) is 3.08. The van der Waals surface area contributed by atoms with Crippen LogP contribution in [0.3, 0.4) is 0 Å². The fourth-order valence-electron chi connectivity index (χ4n) is 1.66. The maximum atomic E-state index is 12.4. The van der Waals surface area contributed by atoms with Crippen LogP contribution in [0.1, 0.15) is 20.8 Å². The van der Waals surface area contributed by atoms with Crippen molar-refractivity contribution >= 4 is 15.8 Å². The summed E-state index contributed by atoms with van der Waals surface area (Å²) in [4.78, 5) is 4.31. The van der Waals surface area contributed by atoms with Gasteiger partial charge < -0.3 is 5.32 Å². The van der Waals surface area contributed by atoms with Crippen molar-refractivity contribution in [1.82, 2.24) is 9.29 Å². The van der Waals surface area contributed by atoms with E-state index in [1.54, 1.807) is 13.1 Å². The van der Waals surface area contributed by atoms with Gasteiger partial charge in [-0.2, -0.15) is 4.31 Å². The molecule has 1 aromatic rings. The molecule has 0 spiro atoms. The summed E-state index contributed by atoms with van der Waals surface area (Å²) < 4.78 is 26.4. The molecule has 0 saturated heterocycles. The van der Waals surface area contributed by atoms with Crippen molar-refractivity contribution in [2.24, 2.45) is 5.92 Å². The summed E-state index contributed by atoms with van der Waals surface area (Å²) in [6.45, 7) is 6.85. The zero-order valence-electron chi connectivity index (χ0n) is 11.3. The normalized spacial score (nSPS) is 12.1. The maximum Gasteiger partial charge on any atom is 0.243 e. The molecule has 0 aliphatic rings. The lowest BCUT2D eigenvalue weighted by Crippen LogP contribution is -2.34. The van der Waals surface area contributed by atoms with Crippen LogP contribution in [0.2, 0.25) is 0 Å². The predicted molar refractivity (Wildman–Crippen MR) is 73.1 cm³/mol. The van der Waals surface area contributed by atoms with Gasteiger partial charge in [-0.1, -0.05) is 20.8 Å². The Morgan fingerprint density at radius 3 is 2.61 bits per heavy atom. The summed E-state index contributed by atoms with van der Waals surface area (Å²) in [5.41, 5.74) is 0. The van der Waals surface area contributed by atoms with E-state index < -0.39 is 10.0 Å². The van der Waals surface area contributed by atoms with Crippen LogP contribution in [-0.4, -0.2) is 37.8 Å². The number of nitrogens with zero attached hydrogens (tertiary/aromatic N) is 2. The molecular formula is C12H21N3O2S. The van der Waals surface area contributed by atoms with Gasteiger partial charge >= 0.3 is 0 Å². The lowest BCUT2D eigenvalue weighted by atomic mass is 10.2. The zero-order valence-corrected chi connectivity index (χ0v) is 12.2. The molecule has 0 fully saturated rings. The van der Waals surface area contributed by atoms with Crippen molar-refractivity contribution in [2.45, 2.75) is 25.7 Å². The molecule has 0 aliphatic heterocycles. The second kappa shape index (κ2) is 6.15. The topological polar surface area (TPSA) is 62.3 Å². The number of pyridine rings is 1. The minimum atomic E-state index is -3.43. The molecule has 1 N–H and O–H groups in total. The van der Waals surface area contributed by atoms with E-state index in [0.29, 0.717) is 24.8 Å². The monoisotopic (exact) mass is 271 g/mol. The Morgan fingerprint density at radius 2 is 2.11 bits per heavy atom. The smallest absolute Gasteiger partial charge is 0.243 e. The second-order valence-corrected chi connectivity index (χ2v) is 6.41. The van der Waals surface area contributed by atoms with Crippen LogP contribution in [0.25, 0.3) is 0 Å². The summed E-state index contributed by atoms with van der Waals surface area (Å²) in [6.07, 6.45) is 1.50. The Kier molecular flexibility index (Phi) is 5.10. The van der Waals surface area contributed by atoms with Crippen molar-refractivity contribution < 1.29 is 8.42 Å². The van der Waals surface area contributed by atoms with E-state index in [2.05, 4.69) is 10.3 Å². The number of sulfonamides is 1. The van der Waals surface area contributed by atoms with Gasteiger partial charge in [0, 0.05) is 32.4 Å². The molecule has 102 valence electrons. The SMILES string of the molecule is CCN(CC(C)C)S(=O)(=O)c1ccnc(NC)c1. The fraction of sp³-hybridized carbons (Fsp3) is 0.583. The minimum Gasteiger partial charge on any atom is -0.373 e. The second-order valence-electron chi connectivity index (χ2n) is 4.48. The fourth-order valence-corrected chi connectivity index (χ4v) is 3.29. The quantitative estimate of drug-likeness (QED) is 0.857. The average molecular weight is 271 g/mol. The highest BCUT2D eigenvalue weighted by atomic mass is 32.2. The van der Waals surface area contributed by atoms with Crippen LogP contribution in [0.15, 0.2) is 23.2 Å². The van der Waals surface area contributed by atoms with Gasteiger partial charge in [0.1, 0.15) is 5.82 Å². The van der Waals surface area contributed by atoms with Gasteiger partial charge in [0.05, 0.1) is 4.90 Å². The third-order valence-corrected chi connectivity index (χ3v) is 4.48. The number of rotatable bonds is 6. The molecule has 5 nitrogen and oxygen atoms in total. The lowest BCUT2D eigenvalue weighted by Gasteiger charge is -2.22. The highest BCUT2D eigenvalue weighted by molar-refractivity contribution is 7.89. The third kappa shape index (κ3) is 3.43. The highest BCUT2D eigenvalue weighted by Gasteiger charge is 2.23. The summed E-state index contributed by atoms with van der Waals surface area (Å²) in [5, 5.41) is 2.84. The third-order valence-electron chi connectivity index (χ3n) is 2.55. The first-order valence-corrected chi connectivity index (χ1v) is 7.49. The molecule has 0 amide bonds. The van der Waals surface area contributed by atoms with Crippen molar-refractivity contribution in [2.75, 3.05) is 25.5 Å². The Balaban J connectivity index is 3.10. The summed E-state index contributed by atoms with van der Waals surface area (Å²) in [7, 11) is -1.71. The van der Waals surface area contributed by atoms with Gasteiger partial charge in [0.15, 0.2) is 0 Å². The van der Waals surface area contributed by atoms with Gasteiger partial charge in [-0.3, -0.25) is 0 Å². The Morgan fingerprint density at radius 1 is 1.44 bits per heavy atom. The predicted octanol–water partition coefficient (Wildman–Crippen LogP) is 1.79. The van der Waals surface area contributed by atoms with Crippen molar-refractivity contribution in [3.05, 3.63) is 18.3 Å². The van der Waals surface area contributed by atoms with Crippen LogP contribution >= 0.6 is 0 Å². The van der Waals surface area contributed by atoms with E-state index >= 15 is 0 Å². The van der Waals surface area contributed by atoms with Crippen molar-refractivity contribution in [3.8, 4) is 0 Å². The van der Waals surface area contributed by atoms with Crippen molar-refractivity contribution in [1.29, 1.82) is 0 Å². The molecule has 1 aromatic heterocycles. The molecule has 0 bridgehead atoms. The van der Waals surface area contributed by atoms with Gasteiger partial charge in [-0.25, -0.2) is 13.4 Å². The maximum absolute atomic E-state index is 12.4. The van der Waals surface area contributed by atoms with E-state index in [9.17, 15) is 8.42 Å². The van der Waals surface area contributed by atoms with Gasteiger partial charge in [0.25, 0.3) is 0 Å². The van der Waals surface area contributed by atoms with Crippen LogP contribution in [-0.2, 0) is 10.0 Å². The summed E-state index contributed by atoms with van der Waals surface area (Å²) in [5.74, 6) is 0.849. The number of nitrogens with one attached hydrogen (secondary N) is 1. The molecule has 0 radical (unpaired) electrons. The largest absolute Gasteiger partial charge is 0.373 e. The highest BCUT2D eigenvalue weighted by Crippen LogP contribution is 2.18. The van der Waals surface area contributed by atoms with E-state index in [4.69, 9.17) is 0 Å². The molecule has 6 heteroatoms. The number of hydrogen-bond donors (Lipinski definition) is 1. The molecular weight excluding hydrogens is 250 g/mol. The van der Waals surface area contributed by atoms with E-state index in [0.717, 1.165) is 0 Å². The molecule has 0 aromatic carbocycles. The van der Waals surface area contributed by atoms with E-state index in [1.807, 2.05) is 20.8 Å². The van der Waals surface area contributed by atoms with Gasteiger partial charge in [-0.15, -0.1) is 0 Å². The molecule has 0 saturated carbocycles. The number of aromatic nitrogens is 1.